The van der Waals surface area contributed by atoms with Crippen LogP contribution in [0.1, 0.15) is 10.4 Å². The molecular formula is C8H8ClFN2O3S. The van der Waals surface area contributed by atoms with Crippen molar-refractivity contribution in [3.8, 4) is 0 Å². The first-order valence-electron chi connectivity index (χ1n) is 4.01. The van der Waals surface area contributed by atoms with Crippen LogP contribution in [-0.2, 0) is 10.0 Å². The van der Waals surface area contributed by atoms with E-state index in [9.17, 15) is 17.6 Å². The number of hydrogen-bond acceptors (Lipinski definition) is 3. The summed E-state index contributed by atoms with van der Waals surface area (Å²) >= 11 is 5.56. The van der Waals surface area contributed by atoms with Crippen LogP contribution in [-0.4, -0.2) is 21.4 Å². The second kappa shape index (κ2) is 4.36. The minimum atomic E-state index is -4.26. The number of benzene rings is 1. The van der Waals surface area contributed by atoms with Crippen LogP contribution in [0.5, 0.6) is 0 Å². The van der Waals surface area contributed by atoms with E-state index in [1.807, 2.05) is 0 Å². The highest BCUT2D eigenvalue weighted by atomic mass is 35.5. The number of carbonyl (C=O) groups is 1. The third-order valence-corrected chi connectivity index (χ3v) is 2.91. The predicted octanol–water partition coefficient (Wildman–Crippen LogP) is 0.486. The van der Waals surface area contributed by atoms with E-state index in [0.29, 0.717) is 0 Å². The number of halogens is 2. The first kappa shape index (κ1) is 12.9. The van der Waals surface area contributed by atoms with E-state index in [-0.39, 0.29) is 5.02 Å². The highest BCUT2D eigenvalue weighted by Gasteiger charge is 2.22. The van der Waals surface area contributed by atoms with Crippen LogP contribution in [0.15, 0.2) is 17.0 Å². The van der Waals surface area contributed by atoms with Gasteiger partial charge in [0.2, 0.25) is 10.0 Å². The minimum absolute atomic E-state index is 0.0935. The standard InChI is InChI=1S/C8H8ClFN2O3S/c1-12-8(13)5-2-4(9)3-6(7(5)10)16(11,14)15/h2-3H,1H3,(H,12,13)(H2,11,14,15). The molecule has 0 aliphatic carbocycles. The number of rotatable bonds is 2. The predicted molar refractivity (Wildman–Crippen MR) is 56.2 cm³/mol. The second-order valence-electron chi connectivity index (χ2n) is 2.89. The number of primary sulfonamides is 1. The normalized spacial score (nSPS) is 11.2. The summed E-state index contributed by atoms with van der Waals surface area (Å²) in [5.41, 5.74) is -0.473. The van der Waals surface area contributed by atoms with Crippen molar-refractivity contribution in [3.63, 3.8) is 0 Å². The zero-order valence-electron chi connectivity index (χ0n) is 8.12. The van der Waals surface area contributed by atoms with Gasteiger partial charge in [-0.2, -0.15) is 0 Å². The fraction of sp³-hybridized carbons (Fsp3) is 0.125. The maximum atomic E-state index is 13.6. The van der Waals surface area contributed by atoms with Crippen molar-refractivity contribution in [2.75, 3.05) is 7.05 Å². The largest absolute Gasteiger partial charge is 0.355 e. The van der Waals surface area contributed by atoms with E-state index < -0.39 is 32.2 Å². The summed E-state index contributed by atoms with van der Waals surface area (Å²) in [6, 6.07) is 1.86. The maximum Gasteiger partial charge on any atom is 0.254 e. The highest BCUT2D eigenvalue weighted by molar-refractivity contribution is 7.89. The zero-order chi connectivity index (χ0) is 12.5. The van der Waals surface area contributed by atoms with Crippen LogP contribution >= 0.6 is 11.6 Å². The van der Waals surface area contributed by atoms with E-state index in [2.05, 4.69) is 5.32 Å². The lowest BCUT2D eigenvalue weighted by Crippen LogP contribution is -2.22. The molecule has 1 aromatic carbocycles. The maximum absolute atomic E-state index is 13.6. The lowest BCUT2D eigenvalue weighted by molar-refractivity contribution is 0.0958. The molecule has 0 aliphatic heterocycles. The average Bonchev–Trinajstić information content (AvgIpc) is 2.18. The molecule has 0 bridgehead atoms. The molecule has 5 nitrogen and oxygen atoms in total. The first-order valence-corrected chi connectivity index (χ1v) is 5.93. The Hall–Kier alpha value is -1.18. The third kappa shape index (κ3) is 2.49. The number of nitrogens with one attached hydrogen (secondary N) is 1. The molecule has 8 heteroatoms. The van der Waals surface area contributed by atoms with Gasteiger partial charge in [0, 0.05) is 12.1 Å². The number of hydrogen-bond donors (Lipinski definition) is 2. The quantitative estimate of drug-likeness (QED) is 0.816. The smallest absolute Gasteiger partial charge is 0.254 e. The van der Waals surface area contributed by atoms with Crippen LogP contribution in [0, 0.1) is 5.82 Å². The van der Waals surface area contributed by atoms with E-state index in [1.54, 1.807) is 0 Å². The molecule has 0 saturated carbocycles. The summed E-state index contributed by atoms with van der Waals surface area (Å²) in [5, 5.41) is 6.84. The molecule has 0 radical (unpaired) electrons. The molecule has 0 heterocycles. The fourth-order valence-corrected chi connectivity index (χ4v) is 2.01. The highest BCUT2D eigenvalue weighted by Crippen LogP contribution is 2.22. The van der Waals surface area contributed by atoms with Crippen molar-refractivity contribution < 1.29 is 17.6 Å². The summed E-state index contributed by atoms with van der Waals surface area (Å²) in [5.74, 6) is -2.00. The van der Waals surface area contributed by atoms with Crippen molar-refractivity contribution in [2.24, 2.45) is 5.14 Å². The van der Waals surface area contributed by atoms with Gasteiger partial charge in [-0.15, -0.1) is 0 Å². The van der Waals surface area contributed by atoms with Gasteiger partial charge in [-0.1, -0.05) is 11.6 Å². The molecular weight excluding hydrogens is 259 g/mol. The Balaban J connectivity index is 3.56. The third-order valence-electron chi connectivity index (χ3n) is 1.78. The van der Waals surface area contributed by atoms with E-state index in [1.165, 1.54) is 7.05 Å². The SMILES string of the molecule is CNC(=O)c1cc(Cl)cc(S(N)(=O)=O)c1F. The molecule has 16 heavy (non-hydrogen) atoms. The Bertz CT molecular complexity index is 544. The van der Waals surface area contributed by atoms with Crippen molar-refractivity contribution in [1.82, 2.24) is 5.32 Å². The molecule has 0 aromatic heterocycles. The average molecular weight is 267 g/mol. The van der Waals surface area contributed by atoms with Crippen LogP contribution in [0.4, 0.5) is 4.39 Å². The lowest BCUT2D eigenvalue weighted by Gasteiger charge is -2.06. The lowest BCUT2D eigenvalue weighted by atomic mass is 10.2. The number of amides is 1. The summed E-state index contributed by atoms with van der Waals surface area (Å²) in [4.78, 5) is 10.4. The molecule has 1 rings (SSSR count). The Morgan fingerprint density at radius 1 is 1.50 bits per heavy atom. The van der Waals surface area contributed by atoms with Crippen molar-refractivity contribution in [3.05, 3.63) is 28.5 Å². The van der Waals surface area contributed by atoms with E-state index in [0.717, 1.165) is 12.1 Å². The Labute approximate surface area is 96.4 Å². The Kier molecular flexibility index (Phi) is 3.51. The zero-order valence-corrected chi connectivity index (χ0v) is 9.69. The topological polar surface area (TPSA) is 89.3 Å². The number of carbonyl (C=O) groups excluding carboxylic acids is 1. The second-order valence-corrected chi connectivity index (χ2v) is 4.86. The van der Waals surface area contributed by atoms with Crippen LogP contribution in [0.2, 0.25) is 5.02 Å². The van der Waals surface area contributed by atoms with Gasteiger partial charge in [-0.05, 0) is 12.1 Å². The van der Waals surface area contributed by atoms with Crippen LogP contribution < -0.4 is 10.5 Å². The Morgan fingerprint density at radius 2 is 2.06 bits per heavy atom. The molecule has 0 atom stereocenters. The summed E-state index contributed by atoms with van der Waals surface area (Å²) in [6.45, 7) is 0. The van der Waals surface area contributed by atoms with Crippen molar-refractivity contribution >= 4 is 27.5 Å². The van der Waals surface area contributed by atoms with Gasteiger partial charge in [-0.25, -0.2) is 17.9 Å². The molecule has 0 saturated heterocycles. The molecule has 0 unspecified atom stereocenters. The molecule has 0 spiro atoms. The van der Waals surface area contributed by atoms with E-state index >= 15 is 0 Å². The minimum Gasteiger partial charge on any atom is -0.355 e. The van der Waals surface area contributed by atoms with Gasteiger partial charge in [0.15, 0.2) is 5.82 Å². The number of sulfonamides is 1. The molecule has 88 valence electrons. The van der Waals surface area contributed by atoms with Crippen LogP contribution in [0.3, 0.4) is 0 Å². The molecule has 0 fully saturated rings. The van der Waals surface area contributed by atoms with Gasteiger partial charge >= 0.3 is 0 Å². The molecule has 1 aromatic rings. The van der Waals surface area contributed by atoms with Gasteiger partial charge in [0.25, 0.3) is 5.91 Å². The monoisotopic (exact) mass is 266 g/mol. The number of nitrogens with two attached hydrogens (primary N) is 1. The molecule has 0 aliphatic rings. The molecule has 1 amide bonds. The summed E-state index contributed by atoms with van der Waals surface area (Å²) in [7, 11) is -2.98. The van der Waals surface area contributed by atoms with Gasteiger partial charge in [0.05, 0.1) is 5.56 Å². The van der Waals surface area contributed by atoms with Crippen LogP contribution in [0.25, 0.3) is 0 Å². The summed E-state index contributed by atoms with van der Waals surface area (Å²) < 4.78 is 35.6. The van der Waals surface area contributed by atoms with E-state index in [4.69, 9.17) is 16.7 Å². The van der Waals surface area contributed by atoms with Gasteiger partial charge < -0.3 is 5.32 Å². The molecule has 3 N–H and O–H groups in total. The fourth-order valence-electron chi connectivity index (χ4n) is 1.07. The first-order chi connectivity index (χ1) is 7.27. The van der Waals surface area contributed by atoms with Crippen molar-refractivity contribution in [2.45, 2.75) is 4.90 Å². The van der Waals surface area contributed by atoms with Gasteiger partial charge in [0.1, 0.15) is 4.90 Å². The van der Waals surface area contributed by atoms with Crippen molar-refractivity contribution in [1.29, 1.82) is 0 Å². The summed E-state index contributed by atoms with van der Waals surface area (Å²) in [6.07, 6.45) is 0. The Morgan fingerprint density at radius 3 is 2.50 bits per heavy atom. The van der Waals surface area contributed by atoms with Gasteiger partial charge in [-0.3, -0.25) is 4.79 Å².